The van der Waals surface area contributed by atoms with Crippen LogP contribution in [0.25, 0.3) is 0 Å². The van der Waals surface area contributed by atoms with E-state index in [1.54, 1.807) is 19.1 Å². The Bertz CT molecular complexity index is 900. The summed E-state index contributed by atoms with van der Waals surface area (Å²) in [6.07, 6.45) is 10.0. The average molecular weight is 536 g/mol. The fourth-order valence-corrected chi connectivity index (χ4v) is 4.07. The Hall–Kier alpha value is -2.96. The second kappa shape index (κ2) is 18.3. The molecule has 204 valence electrons. The van der Waals surface area contributed by atoms with Gasteiger partial charge in [-0.3, -0.25) is 19.7 Å². The third-order valence-corrected chi connectivity index (χ3v) is 6.49. The maximum Gasteiger partial charge on any atom is 0.320 e. The van der Waals surface area contributed by atoms with E-state index >= 15 is 0 Å². The van der Waals surface area contributed by atoms with Gasteiger partial charge in [-0.15, -0.1) is 6.42 Å². The van der Waals surface area contributed by atoms with Gasteiger partial charge in [0.2, 0.25) is 6.41 Å². The van der Waals surface area contributed by atoms with Gasteiger partial charge >= 0.3 is 14.5 Å². The maximum absolute atomic E-state index is 12.3. The lowest BCUT2D eigenvalue weighted by Gasteiger charge is -2.27. The predicted octanol–water partition coefficient (Wildman–Crippen LogP) is 3.06. The molecule has 10 nitrogen and oxygen atoms in total. The van der Waals surface area contributed by atoms with Crippen LogP contribution in [0, 0.1) is 19.3 Å². The molecular formula is C26H38N3O7P. The number of hydrogen-bond donors (Lipinski definition) is 2. The third-order valence-electron chi connectivity index (χ3n) is 5.31. The van der Waals surface area contributed by atoms with E-state index in [-0.39, 0.29) is 25.2 Å². The normalized spacial score (nSPS) is 13.4. The number of esters is 1. The number of terminal acetylenes is 1. The zero-order chi connectivity index (χ0) is 27.6. The molecule has 2 amide bonds. The first-order valence-corrected chi connectivity index (χ1v) is 13.2. The van der Waals surface area contributed by atoms with Crippen molar-refractivity contribution in [3.05, 3.63) is 42.1 Å². The molecule has 0 bridgehead atoms. The number of carbonyl (C=O) groups excluding carboxylic acids is 3. The van der Waals surface area contributed by atoms with E-state index in [9.17, 15) is 14.4 Å². The molecule has 0 aliphatic rings. The van der Waals surface area contributed by atoms with Crippen molar-refractivity contribution in [3.63, 3.8) is 0 Å². The van der Waals surface area contributed by atoms with E-state index in [0.29, 0.717) is 18.6 Å². The van der Waals surface area contributed by atoms with Crippen molar-refractivity contribution in [3.8, 4) is 18.1 Å². The summed E-state index contributed by atoms with van der Waals surface area (Å²) in [5.41, 5.74) is 1.08. The molecule has 0 saturated heterocycles. The van der Waals surface area contributed by atoms with Crippen LogP contribution in [0.2, 0.25) is 0 Å². The zero-order valence-electron chi connectivity index (χ0n) is 22.1. The van der Waals surface area contributed by atoms with E-state index in [2.05, 4.69) is 11.0 Å². The highest BCUT2D eigenvalue weighted by atomic mass is 31.2. The number of nitrogens with one attached hydrogen (secondary N) is 2. The second-order valence-electron chi connectivity index (χ2n) is 8.10. The van der Waals surface area contributed by atoms with Crippen molar-refractivity contribution in [2.45, 2.75) is 58.3 Å². The molecule has 1 rings (SSSR count). The lowest BCUT2D eigenvalue weighted by Crippen LogP contribution is -2.33. The summed E-state index contributed by atoms with van der Waals surface area (Å²) in [6.45, 7) is 5.96. The van der Waals surface area contributed by atoms with E-state index in [4.69, 9.17) is 24.9 Å². The van der Waals surface area contributed by atoms with Crippen LogP contribution in [0.15, 0.2) is 36.5 Å². The van der Waals surface area contributed by atoms with Gasteiger partial charge < -0.3 is 23.4 Å². The van der Waals surface area contributed by atoms with E-state index in [0.717, 1.165) is 18.4 Å². The predicted molar refractivity (Wildman–Crippen MR) is 142 cm³/mol. The number of benzene rings is 1. The molecule has 11 heteroatoms. The van der Waals surface area contributed by atoms with Gasteiger partial charge in [-0.2, -0.15) is 0 Å². The summed E-state index contributed by atoms with van der Waals surface area (Å²) >= 11 is 0. The summed E-state index contributed by atoms with van der Waals surface area (Å²) < 4.78 is 23.0. The van der Waals surface area contributed by atoms with Gasteiger partial charge in [-0.1, -0.05) is 37.5 Å². The first-order valence-electron chi connectivity index (χ1n) is 12.0. The number of carbonyl (C=O) groups is 3. The first-order chi connectivity index (χ1) is 17.8. The van der Waals surface area contributed by atoms with Gasteiger partial charge in [0.25, 0.3) is 5.91 Å². The Morgan fingerprint density at radius 2 is 1.86 bits per heavy atom. The molecule has 2 N–H and O–H groups in total. The summed E-state index contributed by atoms with van der Waals surface area (Å²) in [5.74, 6) is 2.30. The highest BCUT2D eigenvalue weighted by molar-refractivity contribution is 7.45. The molecule has 0 aromatic heterocycles. The fraction of sp³-hybridized carbons (Fsp3) is 0.500. The molecule has 0 heterocycles. The molecular weight excluding hydrogens is 497 g/mol. The SMILES string of the molecule is C#CC(CC(COP(NCC(=O)OC(CC)CC)Oc1ccc(C)cc1)OC)N(C)/C=C\C(=O)NC=O. The van der Waals surface area contributed by atoms with Crippen LogP contribution in [0.1, 0.15) is 38.7 Å². The highest BCUT2D eigenvalue weighted by Gasteiger charge is 2.22. The summed E-state index contributed by atoms with van der Waals surface area (Å²) in [6, 6.07) is 7.06. The van der Waals surface area contributed by atoms with E-state index in [1.807, 2.05) is 50.4 Å². The van der Waals surface area contributed by atoms with Gasteiger partial charge in [0.1, 0.15) is 18.4 Å². The Morgan fingerprint density at radius 3 is 2.43 bits per heavy atom. The van der Waals surface area contributed by atoms with E-state index < -0.39 is 26.6 Å². The van der Waals surface area contributed by atoms with Crippen molar-refractivity contribution in [1.29, 1.82) is 0 Å². The van der Waals surface area contributed by atoms with Crippen molar-refractivity contribution in [1.82, 2.24) is 15.3 Å². The van der Waals surface area contributed by atoms with Crippen molar-refractivity contribution < 1.29 is 32.9 Å². The van der Waals surface area contributed by atoms with Crippen LogP contribution in [-0.2, 0) is 28.4 Å². The molecule has 0 aliphatic carbocycles. The van der Waals surface area contributed by atoms with Crippen LogP contribution in [0.5, 0.6) is 5.75 Å². The number of hydrogen-bond acceptors (Lipinski definition) is 9. The van der Waals surface area contributed by atoms with Gasteiger partial charge in [-0.25, -0.2) is 5.09 Å². The van der Waals surface area contributed by atoms with Crippen LogP contribution in [0.4, 0.5) is 0 Å². The van der Waals surface area contributed by atoms with Gasteiger partial charge in [0.15, 0.2) is 0 Å². The molecule has 37 heavy (non-hydrogen) atoms. The monoisotopic (exact) mass is 535 g/mol. The fourth-order valence-electron chi connectivity index (χ4n) is 2.99. The molecule has 1 aromatic rings. The summed E-state index contributed by atoms with van der Waals surface area (Å²) in [4.78, 5) is 35.8. The minimum Gasteiger partial charge on any atom is -0.461 e. The van der Waals surface area contributed by atoms with Crippen molar-refractivity contribution in [2.24, 2.45) is 0 Å². The number of amides is 2. The Kier molecular flexibility index (Phi) is 15.9. The van der Waals surface area contributed by atoms with Crippen LogP contribution >= 0.6 is 8.53 Å². The Labute approximate surface area is 221 Å². The van der Waals surface area contributed by atoms with Gasteiger partial charge in [0.05, 0.1) is 18.8 Å². The van der Waals surface area contributed by atoms with Crippen LogP contribution < -0.4 is 14.9 Å². The first kappa shape index (κ1) is 32.1. The topological polar surface area (TPSA) is 115 Å². The smallest absolute Gasteiger partial charge is 0.320 e. The number of aryl methyl sites for hydroxylation is 1. The van der Waals surface area contributed by atoms with E-state index in [1.165, 1.54) is 12.3 Å². The lowest BCUT2D eigenvalue weighted by atomic mass is 10.1. The van der Waals surface area contributed by atoms with Crippen molar-refractivity contribution in [2.75, 3.05) is 27.3 Å². The second-order valence-corrected chi connectivity index (χ2v) is 9.38. The summed E-state index contributed by atoms with van der Waals surface area (Å²) in [7, 11) is 1.54. The quantitative estimate of drug-likeness (QED) is 0.0962. The number of imide groups is 1. The number of nitrogens with zero attached hydrogens (tertiary/aromatic N) is 1. The maximum atomic E-state index is 12.3. The molecule has 0 saturated carbocycles. The van der Waals surface area contributed by atoms with Crippen molar-refractivity contribution >= 4 is 26.8 Å². The summed E-state index contributed by atoms with van der Waals surface area (Å²) in [5, 5.41) is 5.03. The molecule has 0 spiro atoms. The third kappa shape index (κ3) is 13.2. The molecule has 1 aromatic carbocycles. The minimum atomic E-state index is -1.71. The Morgan fingerprint density at radius 1 is 1.19 bits per heavy atom. The van der Waals surface area contributed by atoms with Crippen LogP contribution in [-0.4, -0.2) is 68.7 Å². The Balaban J connectivity index is 2.80. The number of methoxy groups -OCH3 is 1. The average Bonchev–Trinajstić information content (AvgIpc) is 2.90. The highest BCUT2D eigenvalue weighted by Crippen LogP contribution is 2.36. The van der Waals surface area contributed by atoms with Gasteiger partial charge in [0, 0.05) is 32.9 Å². The molecule has 0 aliphatic heterocycles. The lowest BCUT2D eigenvalue weighted by molar-refractivity contribution is -0.148. The zero-order valence-corrected chi connectivity index (χ0v) is 23.0. The molecule has 0 fully saturated rings. The molecule has 3 unspecified atom stereocenters. The standard InChI is InChI=1S/C26H38N3O7P/c1-7-21(29(5)15-14-25(31)27-19-30)16-24(33-6)18-34-37(36-23-12-10-20(4)11-13-23)28-17-26(32)35-22(8-2)9-3/h1,10-15,19,21-22,24,28H,8-9,16-18H2,2-6H3,(H,27,30,31)/b15-14-. The van der Waals surface area contributed by atoms with Gasteiger partial charge in [-0.05, 0) is 31.9 Å². The largest absolute Gasteiger partial charge is 0.461 e. The van der Waals surface area contributed by atoms with Crippen LogP contribution in [0.3, 0.4) is 0 Å². The number of ether oxygens (including phenoxy) is 2. The number of rotatable bonds is 18. The molecule has 3 atom stereocenters. The minimum absolute atomic E-state index is 0.0743. The molecule has 0 radical (unpaired) electrons.